The molecule has 128 valence electrons. The minimum Gasteiger partial charge on any atom is -0.357 e. The molecule has 0 aromatic heterocycles. The standard InChI is InChI=1S/C16H31N3O2S/c1-4-17-16(19-14(2)11-13-22(3,20)21)18-12-10-15-8-6-5-7-9-15/h8,14H,4-7,9-13H2,1-3H3,(H2,17,18,19). The molecule has 22 heavy (non-hydrogen) atoms. The molecular weight excluding hydrogens is 298 g/mol. The molecule has 0 bridgehead atoms. The van der Waals surface area contributed by atoms with E-state index in [9.17, 15) is 8.42 Å². The quantitative estimate of drug-likeness (QED) is 0.407. The zero-order valence-corrected chi connectivity index (χ0v) is 15.0. The van der Waals surface area contributed by atoms with E-state index in [-0.39, 0.29) is 11.8 Å². The van der Waals surface area contributed by atoms with Gasteiger partial charge in [0.15, 0.2) is 5.96 Å². The van der Waals surface area contributed by atoms with E-state index in [1.165, 1.54) is 37.5 Å². The number of nitrogens with zero attached hydrogens (tertiary/aromatic N) is 1. The van der Waals surface area contributed by atoms with E-state index < -0.39 is 9.84 Å². The number of sulfone groups is 1. The summed E-state index contributed by atoms with van der Waals surface area (Å²) >= 11 is 0. The lowest BCUT2D eigenvalue weighted by atomic mass is 9.97. The summed E-state index contributed by atoms with van der Waals surface area (Å²) in [5.74, 6) is 0.980. The minimum atomic E-state index is -2.91. The Morgan fingerprint density at radius 3 is 2.77 bits per heavy atom. The zero-order valence-electron chi connectivity index (χ0n) is 14.2. The van der Waals surface area contributed by atoms with Crippen LogP contribution in [0, 0.1) is 0 Å². The van der Waals surface area contributed by atoms with Crippen molar-refractivity contribution in [1.29, 1.82) is 0 Å². The van der Waals surface area contributed by atoms with Crippen molar-refractivity contribution in [2.45, 2.75) is 58.4 Å². The highest BCUT2D eigenvalue weighted by atomic mass is 32.2. The van der Waals surface area contributed by atoms with Crippen molar-refractivity contribution < 1.29 is 8.42 Å². The van der Waals surface area contributed by atoms with Gasteiger partial charge in [-0.05, 0) is 52.4 Å². The number of rotatable bonds is 8. The van der Waals surface area contributed by atoms with Crippen LogP contribution in [0.1, 0.15) is 52.4 Å². The molecule has 6 heteroatoms. The van der Waals surface area contributed by atoms with Gasteiger partial charge in [0.05, 0.1) is 5.75 Å². The van der Waals surface area contributed by atoms with Crippen molar-refractivity contribution in [2.24, 2.45) is 4.99 Å². The molecule has 0 saturated heterocycles. The van der Waals surface area contributed by atoms with Crippen LogP contribution in [0.4, 0.5) is 0 Å². The average molecular weight is 330 g/mol. The van der Waals surface area contributed by atoms with Crippen LogP contribution in [0.25, 0.3) is 0 Å². The SMILES string of the molecule is CCNC(=NCCC1=CCCCC1)NC(C)CCS(C)(=O)=O. The first-order chi connectivity index (χ1) is 10.4. The Morgan fingerprint density at radius 2 is 2.18 bits per heavy atom. The monoisotopic (exact) mass is 329 g/mol. The van der Waals surface area contributed by atoms with Crippen molar-refractivity contribution in [1.82, 2.24) is 10.6 Å². The predicted octanol–water partition coefficient (Wildman–Crippen LogP) is 2.26. The lowest BCUT2D eigenvalue weighted by molar-refractivity contribution is 0.581. The molecule has 1 unspecified atom stereocenters. The molecule has 0 aliphatic heterocycles. The molecule has 1 rings (SSSR count). The van der Waals surface area contributed by atoms with Gasteiger partial charge in [-0.1, -0.05) is 11.6 Å². The van der Waals surface area contributed by atoms with Crippen LogP contribution in [0.15, 0.2) is 16.6 Å². The van der Waals surface area contributed by atoms with E-state index >= 15 is 0 Å². The largest absolute Gasteiger partial charge is 0.357 e. The molecule has 1 aliphatic carbocycles. The lowest BCUT2D eigenvalue weighted by Crippen LogP contribution is -2.42. The topological polar surface area (TPSA) is 70.6 Å². The number of aliphatic imine (C=N–C) groups is 1. The van der Waals surface area contributed by atoms with E-state index in [2.05, 4.69) is 21.7 Å². The summed E-state index contributed by atoms with van der Waals surface area (Å²) in [6.07, 6.45) is 10.3. The van der Waals surface area contributed by atoms with Crippen LogP contribution >= 0.6 is 0 Å². The Balaban J connectivity index is 2.42. The maximum absolute atomic E-state index is 11.2. The molecule has 0 spiro atoms. The van der Waals surface area contributed by atoms with Crippen molar-refractivity contribution in [3.05, 3.63) is 11.6 Å². The second-order valence-corrected chi connectivity index (χ2v) is 8.34. The van der Waals surface area contributed by atoms with E-state index in [0.717, 1.165) is 25.5 Å². The van der Waals surface area contributed by atoms with Crippen LogP contribution in [-0.2, 0) is 9.84 Å². The maximum atomic E-state index is 11.2. The van der Waals surface area contributed by atoms with Gasteiger partial charge in [0.2, 0.25) is 0 Å². The van der Waals surface area contributed by atoms with Gasteiger partial charge in [-0.3, -0.25) is 4.99 Å². The first-order valence-corrected chi connectivity index (χ1v) is 10.4. The highest BCUT2D eigenvalue weighted by Crippen LogP contribution is 2.19. The highest BCUT2D eigenvalue weighted by Gasteiger charge is 2.09. The number of guanidine groups is 1. The second-order valence-electron chi connectivity index (χ2n) is 6.08. The van der Waals surface area contributed by atoms with Crippen molar-refractivity contribution in [2.75, 3.05) is 25.1 Å². The maximum Gasteiger partial charge on any atom is 0.191 e. The molecular formula is C16H31N3O2S. The third-order valence-electron chi connectivity index (χ3n) is 3.74. The fraction of sp³-hybridized carbons (Fsp3) is 0.812. The Hall–Kier alpha value is -1.04. The molecule has 0 saturated carbocycles. The molecule has 0 heterocycles. The fourth-order valence-electron chi connectivity index (χ4n) is 2.46. The predicted molar refractivity (Wildman–Crippen MR) is 94.1 cm³/mol. The lowest BCUT2D eigenvalue weighted by Gasteiger charge is -2.18. The molecule has 1 atom stereocenters. The minimum absolute atomic E-state index is 0.0846. The van der Waals surface area contributed by atoms with Crippen molar-refractivity contribution in [3.63, 3.8) is 0 Å². The Morgan fingerprint density at radius 1 is 1.41 bits per heavy atom. The van der Waals surface area contributed by atoms with Crippen LogP contribution in [-0.4, -0.2) is 45.5 Å². The van der Waals surface area contributed by atoms with Gasteiger partial charge >= 0.3 is 0 Å². The third-order valence-corrected chi connectivity index (χ3v) is 4.71. The molecule has 0 fully saturated rings. The summed E-state index contributed by atoms with van der Waals surface area (Å²) < 4.78 is 22.4. The van der Waals surface area contributed by atoms with Gasteiger partial charge in [0.25, 0.3) is 0 Å². The number of hydrogen-bond donors (Lipinski definition) is 2. The summed E-state index contributed by atoms with van der Waals surface area (Å²) in [5.41, 5.74) is 1.52. The fourth-order valence-corrected chi connectivity index (χ4v) is 3.24. The number of allylic oxidation sites excluding steroid dienone is 1. The van der Waals surface area contributed by atoms with Gasteiger partial charge in [-0.25, -0.2) is 8.42 Å². The molecule has 0 aromatic rings. The van der Waals surface area contributed by atoms with E-state index in [1.807, 2.05) is 13.8 Å². The van der Waals surface area contributed by atoms with Gasteiger partial charge in [-0.15, -0.1) is 0 Å². The smallest absolute Gasteiger partial charge is 0.191 e. The van der Waals surface area contributed by atoms with Gasteiger partial charge in [0.1, 0.15) is 9.84 Å². The van der Waals surface area contributed by atoms with Gasteiger partial charge in [0, 0.05) is 25.4 Å². The molecule has 0 amide bonds. The zero-order chi connectivity index (χ0) is 16.4. The summed E-state index contributed by atoms with van der Waals surface area (Å²) in [6, 6.07) is 0.0846. The summed E-state index contributed by atoms with van der Waals surface area (Å²) in [5, 5.41) is 6.50. The number of hydrogen-bond acceptors (Lipinski definition) is 3. The molecule has 0 aromatic carbocycles. The summed E-state index contributed by atoms with van der Waals surface area (Å²) in [7, 11) is -2.91. The van der Waals surface area contributed by atoms with Gasteiger partial charge in [-0.2, -0.15) is 0 Å². The van der Waals surface area contributed by atoms with Crippen LogP contribution in [0.3, 0.4) is 0 Å². The molecule has 0 radical (unpaired) electrons. The number of nitrogens with one attached hydrogen (secondary N) is 2. The average Bonchev–Trinajstić information content (AvgIpc) is 2.46. The van der Waals surface area contributed by atoms with Crippen LogP contribution < -0.4 is 10.6 Å². The highest BCUT2D eigenvalue weighted by molar-refractivity contribution is 7.90. The first-order valence-electron chi connectivity index (χ1n) is 8.31. The summed E-state index contributed by atoms with van der Waals surface area (Å²) in [6.45, 7) is 5.59. The van der Waals surface area contributed by atoms with E-state index in [1.54, 1.807) is 0 Å². The summed E-state index contributed by atoms with van der Waals surface area (Å²) in [4.78, 5) is 4.60. The second kappa shape index (κ2) is 9.87. The Labute approximate surface area is 135 Å². The first kappa shape index (κ1) is 19.0. The Bertz CT molecular complexity index is 484. The van der Waals surface area contributed by atoms with Crippen LogP contribution in [0.2, 0.25) is 0 Å². The normalized spacial score (nSPS) is 17.8. The van der Waals surface area contributed by atoms with Crippen LogP contribution in [0.5, 0.6) is 0 Å². The molecule has 1 aliphatic rings. The van der Waals surface area contributed by atoms with E-state index in [4.69, 9.17) is 0 Å². The van der Waals surface area contributed by atoms with Crippen molar-refractivity contribution >= 4 is 15.8 Å². The Kier molecular flexibility index (Phi) is 8.53. The third kappa shape index (κ3) is 9.07. The molecule has 5 nitrogen and oxygen atoms in total. The molecule has 2 N–H and O–H groups in total. The van der Waals surface area contributed by atoms with Gasteiger partial charge < -0.3 is 10.6 Å². The van der Waals surface area contributed by atoms with E-state index in [0.29, 0.717) is 6.42 Å². The van der Waals surface area contributed by atoms with Crippen molar-refractivity contribution in [3.8, 4) is 0 Å².